The molecule has 0 aromatic heterocycles. The maximum Gasteiger partial charge on any atom is 0.175 e. The molecule has 2 aliphatic rings. The lowest BCUT2D eigenvalue weighted by molar-refractivity contribution is 0.0987. The number of benzene rings is 3. The summed E-state index contributed by atoms with van der Waals surface area (Å²) < 4.78 is 0. The van der Waals surface area contributed by atoms with Crippen LogP contribution in [0, 0.1) is 0 Å². The lowest BCUT2D eigenvalue weighted by Crippen LogP contribution is -2.13. The molecule has 138 valence electrons. The number of rotatable bonds is 4. The summed E-state index contributed by atoms with van der Waals surface area (Å²) in [5, 5.41) is 0. The number of allylic oxidation sites excluding steroid dienone is 1. The first-order valence-corrected chi connectivity index (χ1v) is 9.86. The largest absolute Gasteiger partial charge is 0.309 e. The number of carbonyl (C=O) groups excluding carboxylic acids is 1. The molecule has 0 aliphatic heterocycles. The molecule has 3 aromatic carbocycles. The Morgan fingerprint density at radius 3 is 2.25 bits per heavy atom. The Labute approximate surface area is 166 Å². The second-order valence-electron chi connectivity index (χ2n) is 7.96. The van der Waals surface area contributed by atoms with Crippen molar-refractivity contribution >= 4 is 16.9 Å². The zero-order valence-electron chi connectivity index (χ0n) is 16.3. The third kappa shape index (κ3) is 2.56. The zero-order chi connectivity index (χ0) is 19.3. The molecule has 0 fully saturated rings. The fourth-order valence-corrected chi connectivity index (χ4v) is 4.64. The van der Waals surface area contributed by atoms with E-state index in [0.29, 0.717) is 0 Å². The Kier molecular flexibility index (Phi) is 4.03. The number of fused-ring (bicyclic) bond motifs is 5. The van der Waals surface area contributed by atoms with Gasteiger partial charge in [-0.3, -0.25) is 4.79 Å². The summed E-state index contributed by atoms with van der Waals surface area (Å²) >= 11 is 0. The summed E-state index contributed by atoms with van der Waals surface area (Å²) in [4.78, 5) is 15.4. The first kappa shape index (κ1) is 17.2. The van der Waals surface area contributed by atoms with Crippen LogP contribution in [0.4, 0.5) is 0 Å². The van der Waals surface area contributed by atoms with E-state index in [2.05, 4.69) is 67.5 Å². The van der Waals surface area contributed by atoms with Gasteiger partial charge in [-0.25, -0.2) is 0 Å². The Hall–Kier alpha value is -2.97. The minimum Gasteiger partial charge on any atom is -0.309 e. The molecule has 2 aliphatic carbocycles. The van der Waals surface area contributed by atoms with Crippen LogP contribution in [0.15, 0.2) is 72.8 Å². The van der Waals surface area contributed by atoms with Crippen LogP contribution in [0.25, 0.3) is 22.3 Å². The summed E-state index contributed by atoms with van der Waals surface area (Å²) in [6, 6.07) is 25.2. The summed E-state index contributed by atoms with van der Waals surface area (Å²) in [7, 11) is 4.21. The predicted octanol–water partition coefficient (Wildman–Crippen LogP) is 5.51. The SMILES string of the molecule is CN(C)CCC1=C2c3ccccc3C(=O)C2c2ccc(-c3ccccc3)cc21. The van der Waals surface area contributed by atoms with Gasteiger partial charge in [0.25, 0.3) is 0 Å². The van der Waals surface area contributed by atoms with Crippen LogP contribution in [-0.4, -0.2) is 31.3 Å². The second-order valence-corrected chi connectivity index (χ2v) is 7.96. The number of hydrogen-bond donors (Lipinski definition) is 0. The van der Waals surface area contributed by atoms with Gasteiger partial charge in [-0.05, 0) is 65.5 Å². The van der Waals surface area contributed by atoms with E-state index in [1.165, 1.54) is 33.4 Å². The van der Waals surface area contributed by atoms with E-state index >= 15 is 0 Å². The normalized spacial score (nSPS) is 17.1. The average molecular weight is 365 g/mol. The van der Waals surface area contributed by atoms with Crippen LogP contribution >= 0.6 is 0 Å². The molecule has 0 N–H and O–H groups in total. The number of nitrogens with zero attached hydrogens (tertiary/aromatic N) is 1. The fourth-order valence-electron chi connectivity index (χ4n) is 4.64. The van der Waals surface area contributed by atoms with Gasteiger partial charge in [0.2, 0.25) is 0 Å². The maximum atomic E-state index is 13.2. The Morgan fingerprint density at radius 1 is 0.786 bits per heavy atom. The van der Waals surface area contributed by atoms with Gasteiger partial charge in [0.05, 0.1) is 5.92 Å². The molecule has 3 aromatic rings. The molecule has 28 heavy (non-hydrogen) atoms. The topological polar surface area (TPSA) is 20.3 Å². The Bertz CT molecular complexity index is 1110. The van der Waals surface area contributed by atoms with E-state index < -0.39 is 0 Å². The standard InChI is InChI=1S/C26H23NO/c1-27(2)15-14-21-23-16-18(17-8-4-3-5-9-17)12-13-20(23)25-24(21)19-10-6-7-11-22(19)26(25)28/h3-13,16,25H,14-15H2,1-2H3. The Balaban J connectivity index is 1.70. The van der Waals surface area contributed by atoms with Gasteiger partial charge < -0.3 is 4.90 Å². The third-order valence-electron chi connectivity index (χ3n) is 5.96. The fraction of sp³-hybridized carbons (Fsp3) is 0.192. The van der Waals surface area contributed by atoms with Crippen molar-refractivity contribution < 1.29 is 4.79 Å². The van der Waals surface area contributed by atoms with Crippen molar-refractivity contribution in [2.45, 2.75) is 12.3 Å². The minimum atomic E-state index is -0.130. The first-order chi connectivity index (χ1) is 13.6. The highest BCUT2D eigenvalue weighted by molar-refractivity contribution is 6.24. The zero-order valence-corrected chi connectivity index (χ0v) is 16.3. The molecular weight excluding hydrogens is 342 g/mol. The number of hydrogen-bond acceptors (Lipinski definition) is 2. The number of ketones is 1. The molecule has 0 bridgehead atoms. The van der Waals surface area contributed by atoms with E-state index in [0.717, 1.165) is 24.1 Å². The Morgan fingerprint density at radius 2 is 1.50 bits per heavy atom. The van der Waals surface area contributed by atoms with Crippen LogP contribution in [0.1, 0.15) is 39.4 Å². The quantitative estimate of drug-likeness (QED) is 0.608. The van der Waals surface area contributed by atoms with Gasteiger partial charge >= 0.3 is 0 Å². The van der Waals surface area contributed by atoms with Gasteiger partial charge in [0.1, 0.15) is 0 Å². The average Bonchev–Trinajstić information content (AvgIpc) is 3.20. The van der Waals surface area contributed by atoms with Gasteiger partial charge in [-0.2, -0.15) is 0 Å². The monoisotopic (exact) mass is 365 g/mol. The summed E-state index contributed by atoms with van der Waals surface area (Å²) in [5.41, 5.74) is 9.43. The molecule has 0 radical (unpaired) electrons. The van der Waals surface area contributed by atoms with Gasteiger partial charge in [-0.1, -0.05) is 66.7 Å². The van der Waals surface area contributed by atoms with Gasteiger partial charge in [0.15, 0.2) is 5.78 Å². The summed E-state index contributed by atoms with van der Waals surface area (Å²) in [6.45, 7) is 0.969. The highest BCUT2D eigenvalue weighted by Gasteiger charge is 2.43. The van der Waals surface area contributed by atoms with Crippen LogP contribution in [0.5, 0.6) is 0 Å². The van der Waals surface area contributed by atoms with E-state index in [9.17, 15) is 4.79 Å². The second kappa shape index (κ2) is 6.57. The molecule has 0 saturated heterocycles. The predicted molar refractivity (Wildman–Crippen MR) is 115 cm³/mol. The number of carbonyl (C=O) groups is 1. The van der Waals surface area contributed by atoms with E-state index in [4.69, 9.17) is 0 Å². The van der Waals surface area contributed by atoms with Crippen molar-refractivity contribution in [1.82, 2.24) is 4.90 Å². The lowest BCUT2D eigenvalue weighted by Gasteiger charge is -2.14. The number of Topliss-reactive ketones (excluding diaryl/α,β-unsaturated/α-hetero) is 1. The van der Waals surface area contributed by atoms with E-state index in [1.807, 2.05) is 24.3 Å². The van der Waals surface area contributed by atoms with E-state index in [1.54, 1.807) is 0 Å². The first-order valence-electron chi connectivity index (χ1n) is 9.86. The molecule has 0 saturated carbocycles. The third-order valence-corrected chi connectivity index (χ3v) is 5.96. The summed E-state index contributed by atoms with van der Waals surface area (Å²) in [5.74, 6) is 0.119. The van der Waals surface area contributed by atoms with Crippen molar-refractivity contribution in [1.29, 1.82) is 0 Å². The van der Waals surface area contributed by atoms with Crippen LogP contribution < -0.4 is 0 Å². The van der Waals surface area contributed by atoms with Crippen molar-refractivity contribution in [3.05, 3.63) is 95.1 Å². The van der Waals surface area contributed by atoms with Crippen LogP contribution in [-0.2, 0) is 0 Å². The van der Waals surface area contributed by atoms with E-state index in [-0.39, 0.29) is 11.7 Å². The van der Waals surface area contributed by atoms with Crippen molar-refractivity contribution in [3.8, 4) is 11.1 Å². The van der Waals surface area contributed by atoms with Crippen molar-refractivity contribution in [3.63, 3.8) is 0 Å². The molecule has 0 heterocycles. The maximum absolute atomic E-state index is 13.2. The lowest BCUT2D eigenvalue weighted by atomic mass is 9.92. The highest BCUT2D eigenvalue weighted by atomic mass is 16.1. The molecule has 1 atom stereocenters. The van der Waals surface area contributed by atoms with Crippen molar-refractivity contribution in [2.75, 3.05) is 20.6 Å². The minimum absolute atomic E-state index is 0.130. The highest BCUT2D eigenvalue weighted by Crippen LogP contribution is 2.54. The smallest absolute Gasteiger partial charge is 0.175 e. The molecule has 0 amide bonds. The van der Waals surface area contributed by atoms with Crippen molar-refractivity contribution in [2.24, 2.45) is 0 Å². The van der Waals surface area contributed by atoms with Gasteiger partial charge in [0, 0.05) is 12.1 Å². The summed E-state index contributed by atoms with van der Waals surface area (Å²) in [6.07, 6.45) is 0.950. The molecule has 2 nitrogen and oxygen atoms in total. The van der Waals surface area contributed by atoms with Crippen LogP contribution in [0.2, 0.25) is 0 Å². The van der Waals surface area contributed by atoms with Gasteiger partial charge in [-0.15, -0.1) is 0 Å². The van der Waals surface area contributed by atoms with Crippen LogP contribution in [0.3, 0.4) is 0 Å². The molecule has 0 spiro atoms. The molecule has 2 heteroatoms. The molecular formula is C26H23NO. The molecule has 5 rings (SSSR count). The molecule has 1 unspecified atom stereocenters.